The van der Waals surface area contributed by atoms with E-state index in [0.717, 1.165) is 16.7 Å². The van der Waals surface area contributed by atoms with E-state index in [0.29, 0.717) is 19.8 Å². The summed E-state index contributed by atoms with van der Waals surface area (Å²) in [7, 11) is 1.61. The van der Waals surface area contributed by atoms with Crippen molar-refractivity contribution >= 4 is 0 Å². The van der Waals surface area contributed by atoms with Crippen LogP contribution in [0, 0.1) is 0 Å². The van der Waals surface area contributed by atoms with E-state index in [2.05, 4.69) is 6.58 Å². The number of ether oxygens (including phenoxy) is 5. The van der Waals surface area contributed by atoms with Gasteiger partial charge in [-0.25, -0.2) is 0 Å². The van der Waals surface area contributed by atoms with Crippen molar-refractivity contribution in [3.8, 4) is 0 Å². The fourth-order valence-electron chi connectivity index (χ4n) is 4.07. The molecule has 1 aliphatic heterocycles. The molecule has 4 rings (SSSR count). The average molecular weight is 461 g/mol. The van der Waals surface area contributed by atoms with Gasteiger partial charge in [-0.05, 0) is 16.7 Å². The van der Waals surface area contributed by atoms with Crippen LogP contribution in [0.2, 0.25) is 0 Å². The second-order valence-corrected chi connectivity index (χ2v) is 8.22. The molecule has 178 valence electrons. The van der Waals surface area contributed by atoms with Gasteiger partial charge in [0.1, 0.15) is 24.4 Å². The van der Waals surface area contributed by atoms with Gasteiger partial charge in [-0.15, -0.1) is 6.58 Å². The molecule has 0 unspecified atom stereocenters. The minimum atomic E-state index is -0.621. The molecule has 1 fully saturated rings. The molecule has 0 aliphatic carbocycles. The Hall–Kier alpha value is -2.80. The zero-order valence-corrected chi connectivity index (χ0v) is 19.5. The zero-order valence-electron chi connectivity index (χ0n) is 19.5. The Bertz CT molecular complexity index is 979. The fraction of sp³-hybridized carbons (Fsp3) is 0.310. The largest absolute Gasteiger partial charge is 0.368 e. The molecule has 0 N–H and O–H groups in total. The van der Waals surface area contributed by atoms with Crippen LogP contribution in [0.25, 0.3) is 0 Å². The smallest absolute Gasteiger partial charge is 0.186 e. The summed E-state index contributed by atoms with van der Waals surface area (Å²) in [5.41, 5.74) is 3.20. The molecule has 5 atom stereocenters. The van der Waals surface area contributed by atoms with Crippen LogP contribution in [-0.2, 0) is 43.5 Å². The molecule has 3 aromatic carbocycles. The lowest BCUT2D eigenvalue weighted by Crippen LogP contribution is -2.60. The highest BCUT2D eigenvalue weighted by Crippen LogP contribution is 2.31. The summed E-state index contributed by atoms with van der Waals surface area (Å²) in [5.74, 6) is 0. The molecule has 0 amide bonds. The molecule has 0 spiro atoms. The van der Waals surface area contributed by atoms with Crippen molar-refractivity contribution in [3.05, 3.63) is 120 Å². The van der Waals surface area contributed by atoms with E-state index in [1.807, 2.05) is 91.0 Å². The summed E-state index contributed by atoms with van der Waals surface area (Å²) in [4.78, 5) is 0. The summed E-state index contributed by atoms with van der Waals surface area (Å²) < 4.78 is 31.1. The van der Waals surface area contributed by atoms with Crippen molar-refractivity contribution in [1.29, 1.82) is 0 Å². The predicted molar refractivity (Wildman–Crippen MR) is 131 cm³/mol. The van der Waals surface area contributed by atoms with E-state index in [-0.39, 0.29) is 0 Å². The van der Waals surface area contributed by atoms with Gasteiger partial charge in [-0.1, -0.05) is 97.1 Å². The van der Waals surface area contributed by atoms with Crippen molar-refractivity contribution < 1.29 is 23.7 Å². The monoisotopic (exact) mass is 460 g/mol. The number of hydrogen-bond donors (Lipinski definition) is 0. The Morgan fingerprint density at radius 2 is 1.06 bits per heavy atom. The van der Waals surface area contributed by atoms with E-state index in [1.165, 1.54) is 0 Å². The zero-order chi connectivity index (χ0) is 23.6. The van der Waals surface area contributed by atoms with Gasteiger partial charge in [-0.3, -0.25) is 0 Å². The molecular weight excluding hydrogens is 428 g/mol. The quantitative estimate of drug-likeness (QED) is 0.364. The van der Waals surface area contributed by atoms with Crippen molar-refractivity contribution in [2.45, 2.75) is 50.5 Å². The van der Waals surface area contributed by atoms with Gasteiger partial charge < -0.3 is 23.7 Å². The van der Waals surface area contributed by atoms with Crippen LogP contribution in [-0.4, -0.2) is 37.8 Å². The van der Waals surface area contributed by atoms with Crippen molar-refractivity contribution in [2.75, 3.05) is 7.11 Å². The van der Waals surface area contributed by atoms with E-state index >= 15 is 0 Å². The molecule has 5 nitrogen and oxygen atoms in total. The minimum absolute atomic E-state index is 0.407. The van der Waals surface area contributed by atoms with Crippen LogP contribution in [0.1, 0.15) is 16.7 Å². The first-order valence-corrected chi connectivity index (χ1v) is 11.6. The number of rotatable bonds is 11. The summed E-state index contributed by atoms with van der Waals surface area (Å²) in [6.45, 7) is 5.22. The molecule has 1 saturated heterocycles. The maximum Gasteiger partial charge on any atom is 0.186 e. The first-order chi connectivity index (χ1) is 16.8. The highest BCUT2D eigenvalue weighted by atomic mass is 16.7. The molecule has 0 aromatic heterocycles. The molecule has 0 radical (unpaired) electrons. The average Bonchev–Trinajstić information content (AvgIpc) is 2.91. The van der Waals surface area contributed by atoms with Gasteiger partial charge in [0.05, 0.1) is 19.8 Å². The Morgan fingerprint density at radius 1 is 0.647 bits per heavy atom. The third kappa shape index (κ3) is 6.41. The molecule has 0 saturated carbocycles. The maximum atomic E-state index is 6.48. The number of hydrogen-bond acceptors (Lipinski definition) is 5. The van der Waals surface area contributed by atoms with Crippen LogP contribution in [0.15, 0.2) is 104 Å². The SMILES string of the molecule is C=C[C@H]1O[C@H](OC)[C@H](OCc2ccccc2)[C@@H](OCc2ccccc2)[C@H]1OCc1ccccc1. The van der Waals surface area contributed by atoms with Crippen molar-refractivity contribution in [2.24, 2.45) is 0 Å². The van der Waals surface area contributed by atoms with Gasteiger partial charge in [0.2, 0.25) is 0 Å². The second kappa shape index (κ2) is 12.6. The lowest BCUT2D eigenvalue weighted by atomic mass is 9.97. The Kier molecular flexibility index (Phi) is 9.02. The van der Waals surface area contributed by atoms with Crippen LogP contribution in [0.4, 0.5) is 0 Å². The van der Waals surface area contributed by atoms with Gasteiger partial charge in [-0.2, -0.15) is 0 Å². The second-order valence-electron chi connectivity index (χ2n) is 8.22. The highest BCUT2D eigenvalue weighted by Gasteiger charge is 2.47. The summed E-state index contributed by atoms with van der Waals surface area (Å²) in [6.07, 6.45) is -0.641. The van der Waals surface area contributed by atoms with Crippen molar-refractivity contribution in [1.82, 2.24) is 0 Å². The molecule has 34 heavy (non-hydrogen) atoms. The summed E-state index contributed by atoms with van der Waals surface area (Å²) in [6, 6.07) is 30.2. The number of benzene rings is 3. The van der Waals surface area contributed by atoms with Crippen LogP contribution in [0.3, 0.4) is 0 Å². The van der Waals surface area contributed by atoms with Gasteiger partial charge in [0.15, 0.2) is 6.29 Å². The summed E-state index contributed by atoms with van der Waals surface area (Å²) >= 11 is 0. The predicted octanol–water partition coefficient (Wildman–Crippen LogP) is 5.30. The summed E-state index contributed by atoms with van der Waals surface area (Å²) in [5, 5.41) is 0. The van der Waals surface area contributed by atoms with E-state index in [1.54, 1.807) is 13.2 Å². The normalized spacial score (nSPS) is 24.6. The van der Waals surface area contributed by atoms with Gasteiger partial charge in [0.25, 0.3) is 0 Å². The molecule has 3 aromatic rings. The van der Waals surface area contributed by atoms with Crippen LogP contribution < -0.4 is 0 Å². The Balaban J connectivity index is 1.57. The highest BCUT2D eigenvalue weighted by molar-refractivity contribution is 5.16. The van der Waals surface area contributed by atoms with Gasteiger partial charge >= 0.3 is 0 Å². The first kappa shape index (κ1) is 24.3. The van der Waals surface area contributed by atoms with E-state index in [4.69, 9.17) is 23.7 Å². The van der Waals surface area contributed by atoms with Crippen LogP contribution >= 0.6 is 0 Å². The first-order valence-electron chi connectivity index (χ1n) is 11.6. The maximum absolute atomic E-state index is 6.48. The molecule has 1 aliphatic rings. The van der Waals surface area contributed by atoms with E-state index in [9.17, 15) is 0 Å². The van der Waals surface area contributed by atoms with E-state index < -0.39 is 30.7 Å². The lowest BCUT2D eigenvalue weighted by Gasteiger charge is -2.44. The molecular formula is C29H32O5. The molecule has 0 bridgehead atoms. The standard InChI is InChI=1S/C29H32O5/c1-3-25-26(31-19-22-13-7-4-8-14-22)27(32-20-23-15-9-5-10-16-23)28(29(30-2)34-25)33-21-24-17-11-6-12-18-24/h3-18,25-29H,1,19-21H2,2H3/t25-,26+,27+,28-,29+/m1/s1. The Morgan fingerprint density at radius 3 is 1.47 bits per heavy atom. The van der Waals surface area contributed by atoms with Crippen molar-refractivity contribution in [3.63, 3.8) is 0 Å². The lowest BCUT2D eigenvalue weighted by molar-refractivity contribution is -0.309. The number of methoxy groups -OCH3 is 1. The topological polar surface area (TPSA) is 46.2 Å². The minimum Gasteiger partial charge on any atom is -0.368 e. The third-order valence-corrected chi connectivity index (χ3v) is 5.85. The Labute approximate surface area is 201 Å². The van der Waals surface area contributed by atoms with Crippen LogP contribution in [0.5, 0.6) is 0 Å². The third-order valence-electron chi connectivity index (χ3n) is 5.85. The fourth-order valence-corrected chi connectivity index (χ4v) is 4.07. The van der Waals surface area contributed by atoms with Gasteiger partial charge in [0, 0.05) is 7.11 Å². The molecule has 5 heteroatoms. The molecule has 1 heterocycles.